The number of hydrogen-bond acceptors (Lipinski definition) is 3. The average molecular weight is 347 g/mol. The summed E-state index contributed by atoms with van der Waals surface area (Å²) in [5.41, 5.74) is 4.30. The fourth-order valence-corrected chi connectivity index (χ4v) is 2.89. The van der Waals surface area contributed by atoms with Crippen LogP contribution in [0.15, 0.2) is 36.4 Å². The second-order valence-electron chi connectivity index (χ2n) is 5.57. The highest BCUT2D eigenvalue weighted by atomic mass is 35.5. The lowest BCUT2D eigenvalue weighted by Gasteiger charge is -2.15. The first kappa shape index (κ1) is 18.3. The fourth-order valence-electron chi connectivity index (χ4n) is 2.63. The first-order valence-electron chi connectivity index (χ1n) is 8.16. The summed E-state index contributed by atoms with van der Waals surface area (Å²) in [6.07, 6.45) is 2.05. The van der Waals surface area contributed by atoms with Gasteiger partial charge in [-0.3, -0.25) is 4.79 Å². The highest BCUT2D eigenvalue weighted by molar-refractivity contribution is 6.32. The Morgan fingerprint density at radius 3 is 2.46 bits per heavy atom. The van der Waals surface area contributed by atoms with Crippen molar-refractivity contribution in [3.63, 3.8) is 0 Å². The number of aryl methyl sites for hydroxylation is 2. The van der Waals surface area contributed by atoms with Crippen molar-refractivity contribution in [2.75, 3.05) is 7.11 Å². The molecule has 0 aliphatic carbocycles. The summed E-state index contributed by atoms with van der Waals surface area (Å²) < 4.78 is 10.7. The van der Waals surface area contributed by atoms with Crippen molar-refractivity contribution in [1.29, 1.82) is 0 Å². The molecule has 0 saturated carbocycles. The van der Waals surface area contributed by atoms with Crippen molar-refractivity contribution in [2.24, 2.45) is 0 Å². The molecular formula is C20H23ClO3. The minimum atomic E-state index is -0.255. The van der Waals surface area contributed by atoms with Crippen LogP contribution in [0.25, 0.3) is 0 Å². The highest BCUT2D eigenvalue weighted by Crippen LogP contribution is 2.28. The third kappa shape index (κ3) is 4.51. The summed E-state index contributed by atoms with van der Waals surface area (Å²) >= 11 is 6.30. The van der Waals surface area contributed by atoms with Gasteiger partial charge >= 0.3 is 5.97 Å². The van der Waals surface area contributed by atoms with Crippen molar-refractivity contribution < 1.29 is 14.3 Å². The summed E-state index contributed by atoms with van der Waals surface area (Å²) in [5, 5.41) is 0.609. The number of ether oxygens (including phenoxy) is 2. The molecule has 0 aliphatic rings. The molecule has 0 bridgehead atoms. The molecule has 4 heteroatoms. The van der Waals surface area contributed by atoms with E-state index in [1.165, 1.54) is 12.7 Å². The maximum absolute atomic E-state index is 11.6. The predicted octanol–water partition coefficient (Wildman–Crippen LogP) is 4.76. The van der Waals surface area contributed by atoms with Gasteiger partial charge in [-0.25, -0.2) is 0 Å². The molecule has 0 saturated heterocycles. The Morgan fingerprint density at radius 2 is 1.83 bits per heavy atom. The Balaban J connectivity index is 2.23. The summed E-state index contributed by atoms with van der Waals surface area (Å²) in [4.78, 5) is 11.6. The zero-order valence-electron chi connectivity index (χ0n) is 14.4. The van der Waals surface area contributed by atoms with Crippen LogP contribution in [0, 0.1) is 0 Å². The van der Waals surface area contributed by atoms with E-state index in [1.807, 2.05) is 30.3 Å². The van der Waals surface area contributed by atoms with E-state index < -0.39 is 0 Å². The van der Waals surface area contributed by atoms with E-state index in [4.69, 9.17) is 21.1 Å². The summed E-state index contributed by atoms with van der Waals surface area (Å²) in [6.45, 7) is 4.55. The summed E-state index contributed by atoms with van der Waals surface area (Å²) in [7, 11) is 1.40. The van der Waals surface area contributed by atoms with Gasteiger partial charge in [-0.1, -0.05) is 49.7 Å². The van der Waals surface area contributed by atoms with Gasteiger partial charge in [0, 0.05) is 0 Å². The van der Waals surface area contributed by atoms with Crippen LogP contribution in [-0.4, -0.2) is 13.1 Å². The minimum absolute atomic E-state index is 0.242. The number of rotatable bonds is 7. The molecule has 0 N–H and O–H groups in total. The van der Waals surface area contributed by atoms with Crippen molar-refractivity contribution in [2.45, 2.75) is 39.7 Å². The van der Waals surface area contributed by atoms with Gasteiger partial charge in [-0.05, 0) is 47.2 Å². The molecule has 2 aromatic carbocycles. The van der Waals surface area contributed by atoms with E-state index in [0.717, 1.165) is 29.5 Å². The number of hydrogen-bond donors (Lipinski definition) is 0. The lowest BCUT2D eigenvalue weighted by atomic mass is 9.98. The molecule has 24 heavy (non-hydrogen) atoms. The molecular weight excluding hydrogens is 324 g/mol. The van der Waals surface area contributed by atoms with Gasteiger partial charge in [0.25, 0.3) is 0 Å². The molecule has 0 aliphatic heterocycles. The fraction of sp³-hybridized carbons (Fsp3) is 0.350. The number of halogens is 1. The Hall–Kier alpha value is -2.00. The van der Waals surface area contributed by atoms with Crippen LogP contribution < -0.4 is 4.74 Å². The number of benzene rings is 2. The van der Waals surface area contributed by atoms with E-state index >= 15 is 0 Å². The molecule has 0 heterocycles. The Labute approximate surface area is 148 Å². The first-order chi connectivity index (χ1) is 11.6. The Morgan fingerprint density at radius 1 is 1.08 bits per heavy atom. The molecule has 0 amide bonds. The van der Waals surface area contributed by atoms with Crippen LogP contribution in [0.5, 0.6) is 5.75 Å². The zero-order valence-corrected chi connectivity index (χ0v) is 15.2. The monoisotopic (exact) mass is 346 g/mol. The molecule has 3 nitrogen and oxygen atoms in total. The lowest BCUT2D eigenvalue weighted by molar-refractivity contribution is -0.139. The topological polar surface area (TPSA) is 35.5 Å². The third-order valence-electron chi connectivity index (χ3n) is 4.09. The van der Waals surface area contributed by atoms with Crippen molar-refractivity contribution >= 4 is 17.6 Å². The third-order valence-corrected chi connectivity index (χ3v) is 4.39. The van der Waals surface area contributed by atoms with Crippen LogP contribution in [0.3, 0.4) is 0 Å². The zero-order chi connectivity index (χ0) is 17.5. The van der Waals surface area contributed by atoms with Crippen molar-refractivity contribution in [3.05, 3.63) is 63.7 Å². The Bertz CT molecular complexity index is 710. The second-order valence-corrected chi connectivity index (χ2v) is 5.98. The molecule has 0 atom stereocenters. The van der Waals surface area contributed by atoms with E-state index in [0.29, 0.717) is 17.4 Å². The normalized spacial score (nSPS) is 10.5. The number of carbonyl (C=O) groups excluding carboxylic acids is 1. The summed E-state index contributed by atoms with van der Waals surface area (Å²) in [6, 6.07) is 11.8. The van der Waals surface area contributed by atoms with Gasteiger partial charge < -0.3 is 9.47 Å². The van der Waals surface area contributed by atoms with E-state index in [1.54, 1.807) is 0 Å². The van der Waals surface area contributed by atoms with Crippen LogP contribution in [0.4, 0.5) is 0 Å². The molecule has 0 aromatic heterocycles. The molecule has 2 rings (SSSR count). The van der Waals surface area contributed by atoms with Crippen molar-refractivity contribution in [1.82, 2.24) is 0 Å². The van der Waals surface area contributed by atoms with Gasteiger partial charge in [-0.15, -0.1) is 0 Å². The quantitative estimate of drug-likeness (QED) is 0.678. The molecule has 2 aromatic rings. The van der Waals surface area contributed by atoms with Gasteiger partial charge in [0.15, 0.2) is 0 Å². The molecule has 0 fully saturated rings. The Kier molecular flexibility index (Phi) is 6.68. The molecule has 0 unspecified atom stereocenters. The van der Waals surface area contributed by atoms with Gasteiger partial charge in [-0.2, -0.15) is 0 Å². The molecule has 128 valence electrons. The largest absolute Gasteiger partial charge is 0.487 e. The van der Waals surface area contributed by atoms with Gasteiger partial charge in [0.05, 0.1) is 18.6 Å². The minimum Gasteiger partial charge on any atom is -0.487 e. The summed E-state index contributed by atoms with van der Waals surface area (Å²) in [5.74, 6) is 0.402. The SMILES string of the molecule is CCc1ccc(OCc2c(CC)cccc2CC(=O)OC)c(Cl)c1. The standard InChI is InChI=1S/C20H23ClO3/c1-4-14-9-10-19(18(21)11-14)24-13-17-15(5-2)7-6-8-16(17)12-20(22)23-3/h6-11H,4-5,12-13H2,1-3H3. The van der Waals surface area contributed by atoms with Crippen LogP contribution in [-0.2, 0) is 35.4 Å². The number of carbonyl (C=O) groups is 1. The highest BCUT2D eigenvalue weighted by Gasteiger charge is 2.13. The van der Waals surface area contributed by atoms with Gasteiger partial charge in [0.1, 0.15) is 12.4 Å². The molecule has 0 spiro atoms. The molecule has 0 radical (unpaired) electrons. The predicted molar refractivity (Wildman–Crippen MR) is 96.7 cm³/mol. The number of methoxy groups -OCH3 is 1. The van der Waals surface area contributed by atoms with Crippen LogP contribution >= 0.6 is 11.6 Å². The van der Waals surface area contributed by atoms with Crippen molar-refractivity contribution in [3.8, 4) is 5.75 Å². The van der Waals surface area contributed by atoms with E-state index in [9.17, 15) is 4.79 Å². The van der Waals surface area contributed by atoms with Gasteiger partial charge in [0.2, 0.25) is 0 Å². The second kappa shape index (κ2) is 8.74. The maximum Gasteiger partial charge on any atom is 0.309 e. The van der Waals surface area contributed by atoms with Crippen LogP contribution in [0.1, 0.15) is 36.1 Å². The van der Waals surface area contributed by atoms with Crippen LogP contribution in [0.2, 0.25) is 5.02 Å². The first-order valence-corrected chi connectivity index (χ1v) is 8.54. The lowest BCUT2D eigenvalue weighted by Crippen LogP contribution is -2.10. The number of esters is 1. The van der Waals surface area contributed by atoms with E-state index in [2.05, 4.69) is 19.9 Å². The smallest absolute Gasteiger partial charge is 0.309 e. The maximum atomic E-state index is 11.6. The van der Waals surface area contributed by atoms with E-state index in [-0.39, 0.29) is 12.4 Å². The average Bonchev–Trinajstić information content (AvgIpc) is 2.60.